The van der Waals surface area contributed by atoms with Crippen LogP contribution in [-0.4, -0.2) is 28.5 Å². The van der Waals surface area contributed by atoms with Gasteiger partial charge in [0.2, 0.25) is 9.04 Å². The highest BCUT2D eigenvalue weighted by molar-refractivity contribution is 6.51. The van der Waals surface area contributed by atoms with E-state index in [1.54, 1.807) is 0 Å². The summed E-state index contributed by atoms with van der Waals surface area (Å²) in [6.45, 7) is 4.16. The minimum atomic E-state index is -0.900. The zero-order valence-electron chi connectivity index (χ0n) is 8.76. The van der Waals surface area contributed by atoms with E-state index in [2.05, 4.69) is 6.92 Å². The van der Waals surface area contributed by atoms with E-state index in [9.17, 15) is 0 Å². The third kappa shape index (κ3) is 5.44. The molecule has 0 amide bonds. The van der Waals surface area contributed by atoms with Crippen LogP contribution >= 0.6 is 0 Å². The van der Waals surface area contributed by atoms with E-state index >= 15 is 0 Å². The molecule has 0 aromatic rings. The minimum Gasteiger partial charge on any atom is -0.418 e. The number of unbranched alkanes of at least 4 members (excludes halogenated alkanes) is 2. The molecule has 1 saturated heterocycles. The monoisotopic (exact) mass is 202 g/mol. The lowest BCUT2D eigenvalue weighted by atomic mass is 10.3. The second-order valence-electron chi connectivity index (χ2n) is 3.77. The van der Waals surface area contributed by atoms with Gasteiger partial charge < -0.3 is 9.16 Å². The van der Waals surface area contributed by atoms with E-state index in [0.717, 1.165) is 19.4 Å². The van der Waals surface area contributed by atoms with E-state index in [0.29, 0.717) is 0 Å². The Morgan fingerprint density at radius 3 is 2.92 bits per heavy atom. The second kappa shape index (κ2) is 7.53. The van der Waals surface area contributed by atoms with Crippen LogP contribution in [0.5, 0.6) is 0 Å². The summed E-state index contributed by atoms with van der Waals surface area (Å²) in [4.78, 5) is 0. The zero-order chi connectivity index (χ0) is 9.36. The number of rotatable bonds is 6. The van der Waals surface area contributed by atoms with Crippen LogP contribution in [0.2, 0.25) is 6.04 Å². The summed E-state index contributed by atoms with van der Waals surface area (Å²) in [6, 6.07) is 1.33. The van der Waals surface area contributed by atoms with Gasteiger partial charge >= 0.3 is 0 Å². The van der Waals surface area contributed by atoms with Gasteiger partial charge in [-0.2, -0.15) is 0 Å². The van der Waals surface area contributed by atoms with E-state index in [-0.39, 0.29) is 0 Å². The maximum Gasteiger partial charge on any atom is 0.202 e. The predicted molar refractivity (Wildman–Crippen MR) is 57.5 cm³/mol. The molecule has 1 unspecified atom stereocenters. The SMILES string of the molecule is CCCCCOC[SiH]1CCCCO1. The Morgan fingerprint density at radius 1 is 1.31 bits per heavy atom. The van der Waals surface area contributed by atoms with Gasteiger partial charge in [-0.1, -0.05) is 26.2 Å². The van der Waals surface area contributed by atoms with E-state index < -0.39 is 9.04 Å². The molecule has 0 N–H and O–H groups in total. The molecule has 1 aliphatic rings. The maximum absolute atomic E-state index is 5.70. The summed E-state index contributed by atoms with van der Waals surface area (Å²) >= 11 is 0. The Bertz CT molecular complexity index is 113. The normalized spacial score (nSPS) is 23.3. The molecule has 0 radical (unpaired) electrons. The number of ether oxygens (including phenoxy) is 1. The average Bonchev–Trinajstić information content (AvgIpc) is 2.19. The third-order valence-corrected chi connectivity index (χ3v) is 4.84. The van der Waals surface area contributed by atoms with Gasteiger partial charge in [0.25, 0.3) is 0 Å². The fraction of sp³-hybridized carbons (Fsp3) is 1.00. The zero-order valence-corrected chi connectivity index (χ0v) is 9.91. The lowest BCUT2D eigenvalue weighted by Crippen LogP contribution is -2.29. The fourth-order valence-electron chi connectivity index (χ4n) is 1.61. The van der Waals surface area contributed by atoms with Gasteiger partial charge in [0.1, 0.15) is 0 Å². The standard InChI is InChI=1S/C10H22O2Si/c1-2-3-4-7-11-10-13-9-6-5-8-12-13/h13H,2-10H2,1H3. The van der Waals surface area contributed by atoms with E-state index in [4.69, 9.17) is 9.16 Å². The molecule has 78 valence electrons. The minimum absolute atomic E-state index is 0.900. The van der Waals surface area contributed by atoms with Gasteiger partial charge in [-0.25, -0.2) is 0 Å². The molecule has 2 nitrogen and oxygen atoms in total. The Labute approximate surface area is 83.3 Å². The fourth-order valence-corrected chi connectivity index (χ4v) is 3.71. The van der Waals surface area contributed by atoms with Gasteiger partial charge in [0.15, 0.2) is 0 Å². The van der Waals surface area contributed by atoms with Crippen LogP contribution < -0.4 is 0 Å². The summed E-state index contributed by atoms with van der Waals surface area (Å²) in [5.74, 6) is 0. The molecule has 0 bridgehead atoms. The largest absolute Gasteiger partial charge is 0.418 e. The Balaban J connectivity index is 1.86. The Kier molecular flexibility index (Phi) is 6.50. The molecule has 1 atom stereocenters. The van der Waals surface area contributed by atoms with Crippen LogP contribution in [0.25, 0.3) is 0 Å². The molecule has 3 heteroatoms. The van der Waals surface area contributed by atoms with Crippen molar-refractivity contribution in [2.24, 2.45) is 0 Å². The quantitative estimate of drug-likeness (QED) is 0.486. The molecule has 0 spiro atoms. The first-order chi connectivity index (χ1) is 6.43. The molecule has 0 aliphatic carbocycles. The molecular weight excluding hydrogens is 180 g/mol. The summed E-state index contributed by atoms with van der Waals surface area (Å²) in [7, 11) is -0.900. The first-order valence-corrected chi connectivity index (χ1v) is 7.73. The van der Waals surface area contributed by atoms with Crippen LogP contribution in [0, 0.1) is 0 Å². The molecule has 1 heterocycles. The maximum atomic E-state index is 5.70. The molecule has 13 heavy (non-hydrogen) atoms. The van der Waals surface area contributed by atoms with Crippen molar-refractivity contribution in [3.63, 3.8) is 0 Å². The number of hydrogen-bond acceptors (Lipinski definition) is 2. The van der Waals surface area contributed by atoms with Crippen LogP contribution in [0.1, 0.15) is 39.0 Å². The summed E-state index contributed by atoms with van der Waals surface area (Å²) in [5, 5.41) is 0. The van der Waals surface area contributed by atoms with Gasteiger partial charge in [-0.15, -0.1) is 0 Å². The average molecular weight is 202 g/mol. The highest BCUT2D eigenvalue weighted by Gasteiger charge is 2.15. The lowest BCUT2D eigenvalue weighted by molar-refractivity contribution is 0.149. The summed E-state index contributed by atoms with van der Waals surface area (Å²) < 4.78 is 11.3. The third-order valence-electron chi connectivity index (χ3n) is 2.47. The first-order valence-electron chi connectivity index (χ1n) is 5.63. The van der Waals surface area contributed by atoms with Gasteiger partial charge in [0, 0.05) is 13.2 Å². The Morgan fingerprint density at radius 2 is 2.23 bits per heavy atom. The molecule has 0 saturated carbocycles. The van der Waals surface area contributed by atoms with Crippen molar-refractivity contribution >= 4 is 9.04 Å². The van der Waals surface area contributed by atoms with Gasteiger partial charge in [0.05, 0.1) is 6.23 Å². The van der Waals surface area contributed by atoms with Crippen LogP contribution in [0.3, 0.4) is 0 Å². The molecule has 0 aromatic heterocycles. The van der Waals surface area contributed by atoms with Crippen molar-refractivity contribution < 1.29 is 9.16 Å². The van der Waals surface area contributed by atoms with Crippen molar-refractivity contribution in [3.05, 3.63) is 0 Å². The van der Waals surface area contributed by atoms with E-state index in [1.807, 2.05) is 0 Å². The van der Waals surface area contributed by atoms with Crippen LogP contribution in [0.15, 0.2) is 0 Å². The number of hydrogen-bond donors (Lipinski definition) is 0. The summed E-state index contributed by atoms with van der Waals surface area (Å²) in [5.41, 5.74) is 0. The highest BCUT2D eigenvalue weighted by atomic mass is 28.3. The molecule has 1 rings (SSSR count). The predicted octanol–water partition coefficient (Wildman–Crippen LogP) is 2.27. The first kappa shape index (κ1) is 11.2. The highest BCUT2D eigenvalue weighted by Crippen LogP contribution is 2.10. The van der Waals surface area contributed by atoms with Crippen molar-refractivity contribution in [2.45, 2.75) is 45.1 Å². The second-order valence-corrected chi connectivity index (χ2v) is 6.26. The van der Waals surface area contributed by atoms with Crippen molar-refractivity contribution in [1.29, 1.82) is 0 Å². The lowest BCUT2D eigenvalue weighted by Gasteiger charge is -2.20. The smallest absolute Gasteiger partial charge is 0.202 e. The molecule has 1 aliphatic heterocycles. The van der Waals surface area contributed by atoms with E-state index in [1.165, 1.54) is 38.1 Å². The van der Waals surface area contributed by atoms with Gasteiger partial charge in [-0.3, -0.25) is 0 Å². The topological polar surface area (TPSA) is 18.5 Å². The molecule has 0 aromatic carbocycles. The van der Waals surface area contributed by atoms with Crippen LogP contribution in [0.4, 0.5) is 0 Å². The van der Waals surface area contributed by atoms with Gasteiger partial charge in [-0.05, 0) is 18.9 Å². The summed E-state index contributed by atoms with van der Waals surface area (Å²) in [6.07, 6.45) is 7.38. The van der Waals surface area contributed by atoms with Crippen molar-refractivity contribution in [3.8, 4) is 0 Å². The Hall–Kier alpha value is 0.137. The molecule has 1 fully saturated rings. The van der Waals surface area contributed by atoms with Crippen molar-refractivity contribution in [2.75, 3.05) is 19.4 Å². The van der Waals surface area contributed by atoms with Crippen LogP contribution in [-0.2, 0) is 9.16 Å². The van der Waals surface area contributed by atoms with Crippen molar-refractivity contribution in [1.82, 2.24) is 0 Å². The molecular formula is C10H22O2Si.